The molecule has 0 spiro atoms. The van der Waals surface area contributed by atoms with Crippen molar-refractivity contribution in [2.24, 2.45) is 94.7 Å². The van der Waals surface area contributed by atoms with Gasteiger partial charge in [-0.05, 0) is 23.7 Å². The van der Waals surface area contributed by atoms with E-state index in [0.717, 1.165) is 0 Å². The van der Waals surface area contributed by atoms with Crippen molar-refractivity contribution in [2.45, 2.75) is 22.7 Å². The van der Waals surface area contributed by atoms with Crippen LogP contribution >= 0.6 is 0 Å². The van der Waals surface area contributed by atoms with E-state index >= 15 is 17.6 Å². The summed E-state index contributed by atoms with van der Waals surface area (Å²) in [6.45, 7) is 0. The van der Waals surface area contributed by atoms with Gasteiger partial charge in [0.1, 0.15) is 22.7 Å². The van der Waals surface area contributed by atoms with Crippen molar-refractivity contribution in [2.75, 3.05) is 0 Å². The highest BCUT2D eigenvalue weighted by molar-refractivity contribution is 5.57. The molecule has 12 fully saturated rings. The van der Waals surface area contributed by atoms with E-state index in [1.807, 2.05) is 0 Å². The monoisotopic (exact) mass is 332 g/mol. The highest BCUT2D eigenvalue weighted by Gasteiger charge is 3.11. The molecule has 0 bridgehead atoms. The first kappa shape index (κ1) is 10.8. The maximum atomic E-state index is 16.7. The van der Waals surface area contributed by atoms with Crippen LogP contribution in [0.4, 0.5) is 17.6 Å². The van der Waals surface area contributed by atoms with E-state index in [9.17, 15) is 0 Å². The van der Waals surface area contributed by atoms with Gasteiger partial charge < -0.3 is 0 Å². The fourth-order valence-corrected chi connectivity index (χ4v) is 15.1. The molecule has 0 aromatic rings. The fourth-order valence-electron chi connectivity index (χ4n) is 15.1. The molecule has 124 valence electrons. The Hall–Kier alpha value is -0.280. The molecule has 12 saturated carbocycles. The second kappa shape index (κ2) is 2.08. The van der Waals surface area contributed by atoms with Crippen LogP contribution in [0, 0.1) is 94.7 Å². The van der Waals surface area contributed by atoms with Gasteiger partial charge in [-0.1, -0.05) is 0 Å². The van der Waals surface area contributed by atoms with E-state index in [1.165, 1.54) is 0 Å². The lowest BCUT2D eigenvalue weighted by molar-refractivity contribution is 0.00966. The SMILES string of the molecule is FC12C3C4C5C1C1C6C7C8C(C4C4(F)C3C3C2C1C7(F)C3C84)C56F. The molecule has 12 rings (SSSR count). The van der Waals surface area contributed by atoms with E-state index in [-0.39, 0.29) is 94.7 Å². The van der Waals surface area contributed by atoms with Crippen LogP contribution in [-0.4, -0.2) is 22.7 Å². The summed E-state index contributed by atoms with van der Waals surface area (Å²) >= 11 is 0. The van der Waals surface area contributed by atoms with Crippen LogP contribution in [0.2, 0.25) is 0 Å². The Kier molecular flexibility index (Phi) is 0.935. The summed E-state index contributed by atoms with van der Waals surface area (Å²) in [4.78, 5) is 0. The second-order valence-corrected chi connectivity index (χ2v) is 11.9. The summed E-state index contributed by atoms with van der Waals surface area (Å²) < 4.78 is 66.8. The van der Waals surface area contributed by atoms with Crippen molar-refractivity contribution in [1.29, 1.82) is 0 Å². The molecule has 0 aliphatic heterocycles. The summed E-state index contributed by atoms with van der Waals surface area (Å²) in [6, 6.07) is 0. The molecule has 12 aliphatic rings. The lowest BCUT2D eigenvalue weighted by atomic mass is 9.75. The molecule has 12 atom stereocenters. The predicted molar refractivity (Wildman–Crippen MR) is 71.2 cm³/mol. The van der Waals surface area contributed by atoms with E-state index < -0.39 is 22.7 Å². The van der Waals surface area contributed by atoms with Gasteiger partial charge in [0.05, 0.1) is 0 Å². The normalized spacial score (nSPS) is 104. The molecule has 0 radical (unpaired) electrons. The lowest BCUT2D eigenvalue weighted by Crippen LogP contribution is -2.40. The number of hydrogen-bond donors (Lipinski definition) is 0. The zero-order chi connectivity index (χ0) is 15.2. The highest BCUT2D eigenvalue weighted by atomic mass is 19.2. The first-order valence-corrected chi connectivity index (χ1v) is 10.2. The first-order valence-electron chi connectivity index (χ1n) is 10.2. The molecule has 0 amide bonds. The van der Waals surface area contributed by atoms with Crippen LogP contribution in [-0.2, 0) is 0 Å². The standard InChI is InChI=1S/C20H16F4/c21-17-6-1-5-8(17)2-11-15-4-9(18(5,11)22)7(1)19(23)10(6)3-12(17)14(2)20(15,24)16(3)13(4)19/h1-16H. The quantitative estimate of drug-likeness (QED) is 0.599. The minimum Gasteiger partial charge on any atom is -0.243 e. The summed E-state index contributed by atoms with van der Waals surface area (Å²) in [5.41, 5.74) is -5.57. The third kappa shape index (κ3) is 0.451. The molecular formula is C20H16F4. The molecule has 12 unspecified atom stereocenters. The van der Waals surface area contributed by atoms with Crippen molar-refractivity contribution in [3.05, 3.63) is 0 Å². The van der Waals surface area contributed by atoms with Gasteiger partial charge in [0, 0.05) is 71.0 Å². The zero-order valence-corrected chi connectivity index (χ0v) is 12.7. The number of hydrogen-bond acceptors (Lipinski definition) is 0. The summed E-state index contributed by atoms with van der Waals surface area (Å²) in [5.74, 6) is -2.94. The van der Waals surface area contributed by atoms with Crippen molar-refractivity contribution in [3.8, 4) is 0 Å². The highest BCUT2D eigenvalue weighted by Crippen LogP contribution is 3.06. The number of rotatable bonds is 0. The molecule has 0 aromatic heterocycles. The van der Waals surface area contributed by atoms with Gasteiger partial charge in [0.15, 0.2) is 0 Å². The summed E-state index contributed by atoms with van der Waals surface area (Å²) in [5, 5.41) is 0. The van der Waals surface area contributed by atoms with Gasteiger partial charge in [-0.15, -0.1) is 0 Å². The molecule has 0 N–H and O–H groups in total. The molecule has 0 heterocycles. The average molecular weight is 332 g/mol. The van der Waals surface area contributed by atoms with Gasteiger partial charge in [0.25, 0.3) is 0 Å². The Morgan fingerprint density at radius 2 is 0.417 bits per heavy atom. The summed E-state index contributed by atoms with van der Waals surface area (Å²) in [6.07, 6.45) is 0. The van der Waals surface area contributed by atoms with Gasteiger partial charge in [0.2, 0.25) is 0 Å². The molecule has 12 aliphatic carbocycles. The second-order valence-electron chi connectivity index (χ2n) is 11.9. The third-order valence-corrected chi connectivity index (χ3v) is 13.4. The Labute approximate surface area is 135 Å². The first-order chi connectivity index (χ1) is 11.5. The Morgan fingerprint density at radius 1 is 0.292 bits per heavy atom. The van der Waals surface area contributed by atoms with E-state index in [1.54, 1.807) is 0 Å². The van der Waals surface area contributed by atoms with Crippen molar-refractivity contribution in [1.82, 2.24) is 0 Å². The lowest BCUT2D eigenvalue weighted by Gasteiger charge is -2.33. The largest absolute Gasteiger partial charge is 0.243 e. The molecular weight excluding hydrogens is 316 g/mol. The zero-order valence-electron chi connectivity index (χ0n) is 12.7. The Morgan fingerprint density at radius 3 is 0.542 bits per heavy atom. The van der Waals surface area contributed by atoms with Crippen LogP contribution in [0.1, 0.15) is 0 Å². The fraction of sp³-hybridized carbons (Fsp3) is 1.00. The van der Waals surface area contributed by atoms with Crippen LogP contribution in [0.3, 0.4) is 0 Å². The van der Waals surface area contributed by atoms with Crippen LogP contribution in [0.25, 0.3) is 0 Å². The maximum absolute atomic E-state index is 16.7. The van der Waals surface area contributed by atoms with Crippen LogP contribution < -0.4 is 0 Å². The number of alkyl halides is 4. The van der Waals surface area contributed by atoms with Gasteiger partial charge >= 0.3 is 0 Å². The average Bonchev–Trinajstić information content (AvgIpc) is 3.27. The van der Waals surface area contributed by atoms with Gasteiger partial charge in [-0.25, -0.2) is 17.6 Å². The minimum atomic E-state index is -1.39. The molecule has 4 heteroatoms. The van der Waals surface area contributed by atoms with E-state index in [2.05, 4.69) is 0 Å². The molecule has 0 saturated heterocycles. The van der Waals surface area contributed by atoms with Crippen molar-refractivity contribution in [3.63, 3.8) is 0 Å². The topological polar surface area (TPSA) is 0 Å². The third-order valence-electron chi connectivity index (χ3n) is 13.4. The van der Waals surface area contributed by atoms with Crippen LogP contribution in [0.5, 0.6) is 0 Å². The van der Waals surface area contributed by atoms with E-state index in [4.69, 9.17) is 0 Å². The number of halogens is 4. The molecule has 0 aromatic carbocycles. The molecule has 24 heavy (non-hydrogen) atoms. The smallest absolute Gasteiger partial charge is 0.121 e. The minimum absolute atomic E-state index is 0.0226. The van der Waals surface area contributed by atoms with Gasteiger partial charge in [-0.3, -0.25) is 0 Å². The van der Waals surface area contributed by atoms with Crippen molar-refractivity contribution < 1.29 is 17.6 Å². The van der Waals surface area contributed by atoms with Crippen LogP contribution in [0.15, 0.2) is 0 Å². The Bertz CT molecular complexity index is 646. The van der Waals surface area contributed by atoms with E-state index in [0.29, 0.717) is 0 Å². The van der Waals surface area contributed by atoms with Gasteiger partial charge in [-0.2, -0.15) is 0 Å². The summed E-state index contributed by atoms with van der Waals surface area (Å²) in [7, 11) is 0. The predicted octanol–water partition coefficient (Wildman–Crippen LogP) is 2.83. The Balaban J connectivity index is 1.48. The maximum Gasteiger partial charge on any atom is 0.121 e. The van der Waals surface area contributed by atoms with Crippen molar-refractivity contribution >= 4 is 0 Å². The molecule has 0 nitrogen and oxygen atoms in total.